The van der Waals surface area contributed by atoms with Crippen molar-refractivity contribution in [2.45, 2.75) is 39.2 Å². The molecule has 84 valence electrons. The molecule has 1 heterocycles. The molecule has 1 unspecified atom stereocenters. The van der Waals surface area contributed by atoms with Gasteiger partial charge >= 0.3 is 0 Å². The Balaban J connectivity index is 0.000000364. The smallest absolute Gasteiger partial charge is 0.300 e. The average Bonchev–Trinajstić information content (AvgIpc) is 2.51. The summed E-state index contributed by atoms with van der Waals surface area (Å²) in [5.41, 5.74) is 0. The van der Waals surface area contributed by atoms with E-state index in [1.165, 1.54) is 25.8 Å². The van der Waals surface area contributed by atoms with Gasteiger partial charge in [-0.25, -0.2) is 0 Å². The number of hydrogen-bond acceptors (Lipinski definition) is 2. The van der Waals surface area contributed by atoms with E-state index in [1.54, 1.807) is 0 Å². The van der Waals surface area contributed by atoms with E-state index in [1.807, 2.05) is 0 Å². The zero-order valence-electron chi connectivity index (χ0n) is 9.00. The Morgan fingerprint density at radius 3 is 2.64 bits per heavy atom. The Morgan fingerprint density at radius 2 is 2.21 bits per heavy atom. The van der Waals surface area contributed by atoms with Crippen LogP contribution >= 0.6 is 11.6 Å². The van der Waals surface area contributed by atoms with Crippen LogP contribution in [0.2, 0.25) is 0 Å². The van der Waals surface area contributed by atoms with Crippen LogP contribution in [0.5, 0.6) is 0 Å². The lowest BCUT2D eigenvalue weighted by Gasteiger charge is -2.21. The van der Waals surface area contributed by atoms with Gasteiger partial charge in [0.15, 0.2) is 0 Å². The maximum absolute atomic E-state index is 9.00. The number of hydrogen-bond donors (Lipinski definition) is 1. The van der Waals surface area contributed by atoms with Crippen LogP contribution in [0.4, 0.5) is 0 Å². The van der Waals surface area contributed by atoms with E-state index in [0.717, 1.165) is 25.4 Å². The van der Waals surface area contributed by atoms with Crippen molar-refractivity contribution in [1.29, 1.82) is 0 Å². The van der Waals surface area contributed by atoms with Gasteiger partial charge in [0.25, 0.3) is 5.97 Å². The zero-order valence-corrected chi connectivity index (χ0v) is 9.76. The predicted octanol–water partition coefficient (Wildman–Crippen LogP) is 2.19. The molecule has 0 aromatic rings. The first kappa shape index (κ1) is 13.7. The maximum Gasteiger partial charge on any atom is 0.300 e. The topological polar surface area (TPSA) is 40.5 Å². The summed E-state index contributed by atoms with van der Waals surface area (Å²) in [5, 5.41) is 7.42. The molecule has 1 saturated heterocycles. The van der Waals surface area contributed by atoms with E-state index >= 15 is 0 Å². The first-order valence-corrected chi connectivity index (χ1v) is 5.64. The van der Waals surface area contributed by atoms with E-state index in [9.17, 15) is 0 Å². The van der Waals surface area contributed by atoms with E-state index in [4.69, 9.17) is 21.5 Å². The molecule has 1 rings (SSSR count). The molecular formula is C10H20ClNO2. The molecule has 14 heavy (non-hydrogen) atoms. The third-order valence-corrected chi connectivity index (χ3v) is 2.51. The number of halogens is 1. The number of nitrogens with zero attached hydrogens (tertiary/aromatic N) is 1. The van der Waals surface area contributed by atoms with Crippen LogP contribution in [-0.4, -0.2) is 41.0 Å². The van der Waals surface area contributed by atoms with Crippen LogP contribution in [0.1, 0.15) is 33.1 Å². The standard InChI is InChI=1S/C8H16ClN.C2H4O2/c1-2-8-4-3-6-10(8)7-5-9;1-2(3)4/h8H,2-7H2,1H3;1H3,(H,3,4). The molecule has 1 aliphatic rings. The lowest BCUT2D eigenvalue weighted by molar-refractivity contribution is -0.134. The number of aliphatic carboxylic acids is 1. The number of carboxylic acid groups (broad SMARTS) is 1. The highest BCUT2D eigenvalue weighted by Gasteiger charge is 2.21. The molecule has 0 bridgehead atoms. The number of rotatable bonds is 3. The highest BCUT2D eigenvalue weighted by atomic mass is 35.5. The van der Waals surface area contributed by atoms with Crippen LogP contribution in [0, 0.1) is 0 Å². The summed E-state index contributed by atoms with van der Waals surface area (Å²) in [6.07, 6.45) is 4.04. The van der Waals surface area contributed by atoms with Gasteiger partial charge in [0.1, 0.15) is 0 Å². The lowest BCUT2D eigenvalue weighted by atomic mass is 10.2. The fourth-order valence-electron chi connectivity index (χ4n) is 1.76. The number of alkyl halides is 1. The molecule has 1 N–H and O–H groups in total. The van der Waals surface area contributed by atoms with Gasteiger partial charge in [0, 0.05) is 25.4 Å². The van der Waals surface area contributed by atoms with Gasteiger partial charge < -0.3 is 5.11 Å². The van der Waals surface area contributed by atoms with Crippen LogP contribution < -0.4 is 0 Å². The summed E-state index contributed by atoms with van der Waals surface area (Å²) >= 11 is 5.66. The average molecular weight is 222 g/mol. The van der Waals surface area contributed by atoms with Crippen molar-refractivity contribution in [3.63, 3.8) is 0 Å². The molecule has 3 nitrogen and oxygen atoms in total. The molecule has 0 aromatic carbocycles. The second-order valence-corrected chi connectivity index (χ2v) is 3.83. The predicted molar refractivity (Wildman–Crippen MR) is 58.9 cm³/mol. The van der Waals surface area contributed by atoms with Crippen molar-refractivity contribution in [3.8, 4) is 0 Å². The van der Waals surface area contributed by atoms with Gasteiger partial charge in [-0.15, -0.1) is 11.6 Å². The monoisotopic (exact) mass is 221 g/mol. The van der Waals surface area contributed by atoms with Gasteiger partial charge in [-0.3, -0.25) is 9.69 Å². The van der Waals surface area contributed by atoms with E-state index < -0.39 is 5.97 Å². The van der Waals surface area contributed by atoms with Crippen LogP contribution in [0.3, 0.4) is 0 Å². The fraction of sp³-hybridized carbons (Fsp3) is 0.900. The molecule has 0 aromatic heterocycles. The van der Waals surface area contributed by atoms with Gasteiger partial charge in [-0.2, -0.15) is 0 Å². The second-order valence-electron chi connectivity index (χ2n) is 3.45. The lowest BCUT2D eigenvalue weighted by Crippen LogP contribution is -2.30. The third-order valence-electron chi connectivity index (χ3n) is 2.34. The van der Waals surface area contributed by atoms with Gasteiger partial charge in [0.2, 0.25) is 0 Å². The minimum atomic E-state index is -0.833. The fourth-order valence-corrected chi connectivity index (χ4v) is 1.98. The van der Waals surface area contributed by atoms with Crippen molar-refractivity contribution < 1.29 is 9.90 Å². The summed E-state index contributed by atoms with van der Waals surface area (Å²) in [7, 11) is 0. The number of carboxylic acids is 1. The molecule has 0 saturated carbocycles. The zero-order chi connectivity index (χ0) is 11.0. The molecule has 1 aliphatic heterocycles. The molecule has 0 aliphatic carbocycles. The summed E-state index contributed by atoms with van der Waals surface area (Å²) in [4.78, 5) is 11.5. The maximum atomic E-state index is 9.00. The molecule has 0 amide bonds. The summed E-state index contributed by atoms with van der Waals surface area (Å²) in [6.45, 7) is 5.70. The number of likely N-dealkylation sites (tertiary alicyclic amines) is 1. The Bertz CT molecular complexity index is 160. The van der Waals surface area contributed by atoms with Crippen molar-refractivity contribution in [2.24, 2.45) is 0 Å². The Kier molecular flexibility index (Phi) is 7.90. The van der Waals surface area contributed by atoms with Crippen LogP contribution in [0.15, 0.2) is 0 Å². The largest absolute Gasteiger partial charge is 0.481 e. The van der Waals surface area contributed by atoms with Gasteiger partial charge in [-0.1, -0.05) is 6.92 Å². The molecular weight excluding hydrogens is 202 g/mol. The van der Waals surface area contributed by atoms with E-state index in [-0.39, 0.29) is 0 Å². The normalized spacial score (nSPS) is 21.5. The Hall–Kier alpha value is -0.280. The summed E-state index contributed by atoms with van der Waals surface area (Å²) < 4.78 is 0. The van der Waals surface area contributed by atoms with Gasteiger partial charge in [0.05, 0.1) is 0 Å². The SMILES string of the molecule is CC(=O)O.CCC1CCCN1CCCl. The summed E-state index contributed by atoms with van der Waals surface area (Å²) in [6, 6.07) is 0.832. The highest BCUT2D eigenvalue weighted by molar-refractivity contribution is 6.18. The first-order chi connectivity index (χ1) is 6.61. The quantitative estimate of drug-likeness (QED) is 0.743. The molecule has 4 heteroatoms. The first-order valence-electron chi connectivity index (χ1n) is 5.11. The van der Waals surface area contributed by atoms with Crippen LogP contribution in [0.25, 0.3) is 0 Å². The van der Waals surface area contributed by atoms with E-state index in [2.05, 4.69) is 11.8 Å². The second kappa shape index (κ2) is 8.06. The molecule has 0 radical (unpaired) electrons. The van der Waals surface area contributed by atoms with Crippen molar-refractivity contribution >= 4 is 17.6 Å². The minimum absolute atomic E-state index is 0.788. The molecule has 1 atom stereocenters. The van der Waals surface area contributed by atoms with Crippen molar-refractivity contribution in [1.82, 2.24) is 4.90 Å². The minimum Gasteiger partial charge on any atom is -0.481 e. The van der Waals surface area contributed by atoms with Crippen LogP contribution in [-0.2, 0) is 4.79 Å². The van der Waals surface area contributed by atoms with Crippen molar-refractivity contribution in [2.75, 3.05) is 19.0 Å². The third kappa shape index (κ3) is 6.22. The van der Waals surface area contributed by atoms with E-state index in [0.29, 0.717) is 0 Å². The highest BCUT2D eigenvalue weighted by Crippen LogP contribution is 2.18. The molecule has 1 fully saturated rings. The number of carbonyl (C=O) groups is 1. The Labute approximate surface area is 91.0 Å². The Morgan fingerprint density at radius 1 is 1.64 bits per heavy atom. The van der Waals surface area contributed by atoms with Crippen molar-refractivity contribution in [3.05, 3.63) is 0 Å². The molecule has 0 spiro atoms. The summed E-state index contributed by atoms with van der Waals surface area (Å²) in [5.74, 6) is -0.0451. The van der Waals surface area contributed by atoms with Gasteiger partial charge in [-0.05, 0) is 25.8 Å².